The first-order chi connectivity index (χ1) is 6.66. The molecule has 5 nitrogen and oxygen atoms in total. The Morgan fingerprint density at radius 1 is 1.29 bits per heavy atom. The number of hydrogen-bond donors (Lipinski definition) is 1. The van der Waals surface area contributed by atoms with Gasteiger partial charge in [-0.05, 0) is 23.7 Å². The summed E-state index contributed by atoms with van der Waals surface area (Å²) >= 11 is 5.55. The fourth-order valence-corrected chi connectivity index (χ4v) is 1.16. The van der Waals surface area contributed by atoms with Crippen LogP contribution in [0.25, 0.3) is 11.0 Å². The van der Waals surface area contributed by atoms with Gasteiger partial charge >= 0.3 is 5.97 Å². The van der Waals surface area contributed by atoms with Gasteiger partial charge in [-0.2, -0.15) is 0 Å². The van der Waals surface area contributed by atoms with Gasteiger partial charge in [-0.15, -0.1) is 0 Å². The van der Waals surface area contributed by atoms with E-state index >= 15 is 0 Å². The Labute approximate surface area is 83.4 Å². The highest BCUT2D eigenvalue weighted by Gasteiger charge is 2.06. The van der Waals surface area contributed by atoms with Gasteiger partial charge in [-0.25, -0.2) is 19.7 Å². The number of carboxylic acids is 1. The molecule has 2 heterocycles. The normalized spacial score (nSPS) is 10.4. The molecule has 70 valence electrons. The van der Waals surface area contributed by atoms with Gasteiger partial charge in [0, 0.05) is 0 Å². The van der Waals surface area contributed by atoms with Crippen LogP contribution in [0.4, 0.5) is 0 Å². The second-order valence-corrected chi connectivity index (χ2v) is 2.88. The highest BCUT2D eigenvalue weighted by atomic mass is 35.5. The lowest BCUT2D eigenvalue weighted by Gasteiger charge is -1.97. The third kappa shape index (κ3) is 1.49. The van der Waals surface area contributed by atoms with Gasteiger partial charge < -0.3 is 5.11 Å². The fourth-order valence-electron chi connectivity index (χ4n) is 1.02. The highest BCUT2D eigenvalue weighted by Crippen LogP contribution is 2.11. The van der Waals surface area contributed by atoms with E-state index in [0.29, 0.717) is 11.0 Å². The molecule has 2 aromatic heterocycles. The zero-order valence-electron chi connectivity index (χ0n) is 6.81. The molecule has 2 rings (SSSR count). The summed E-state index contributed by atoms with van der Waals surface area (Å²) in [7, 11) is 0. The fraction of sp³-hybridized carbons (Fsp3) is 0. The van der Waals surface area contributed by atoms with E-state index in [4.69, 9.17) is 16.7 Å². The number of aromatic carboxylic acids is 1. The number of carbonyl (C=O) groups is 1. The van der Waals surface area contributed by atoms with Gasteiger partial charge in [0.15, 0.2) is 0 Å². The summed E-state index contributed by atoms with van der Waals surface area (Å²) in [6, 6.07) is 2.91. The van der Waals surface area contributed by atoms with Crippen LogP contribution in [-0.2, 0) is 0 Å². The average Bonchev–Trinajstić information content (AvgIpc) is 2.16. The lowest BCUT2D eigenvalue weighted by atomic mass is 10.3. The van der Waals surface area contributed by atoms with Crippen molar-refractivity contribution in [2.24, 2.45) is 0 Å². The van der Waals surface area contributed by atoms with Crippen LogP contribution in [0.15, 0.2) is 18.3 Å². The number of halogens is 1. The zero-order valence-corrected chi connectivity index (χ0v) is 7.56. The summed E-state index contributed by atoms with van der Waals surface area (Å²) in [6.45, 7) is 0. The molecule has 0 aliphatic heterocycles. The van der Waals surface area contributed by atoms with Crippen LogP contribution >= 0.6 is 11.6 Å². The second-order valence-electron chi connectivity index (χ2n) is 2.55. The van der Waals surface area contributed by atoms with Gasteiger partial charge in [0.25, 0.3) is 0 Å². The molecule has 0 amide bonds. The molecule has 0 bridgehead atoms. The van der Waals surface area contributed by atoms with Crippen LogP contribution in [0, 0.1) is 0 Å². The Bertz CT molecular complexity index is 515. The standard InChI is InChI=1S/C8H4ClN3O2/c9-8-10-3-6-4(12-8)1-2-5(11-6)7(13)14/h1-3H,(H,13,14). The number of fused-ring (bicyclic) bond motifs is 1. The molecular formula is C8H4ClN3O2. The predicted molar refractivity (Wildman–Crippen MR) is 49.3 cm³/mol. The Balaban J connectivity index is 2.67. The molecule has 1 N–H and O–H groups in total. The first-order valence-electron chi connectivity index (χ1n) is 3.69. The van der Waals surface area contributed by atoms with Gasteiger partial charge in [0.2, 0.25) is 5.28 Å². The summed E-state index contributed by atoms with van der Waals surface area (Å²) in [5, 5.41) is 8.78. The van der Waals surface area contributed by atoms with Crippen LogP contribution < -0.4 is 0 Å². The van der Waals surface area contributed by atoms with Crippen molar-refractivity contribution >= 4 is 28.6 Å². The molecule has 0 aromatic carbocycles. The predicted octanol–water partition coefficient (Wildman–Crippen LogP) is 1.38. The molecular weight excluding hydrogens is 206 g/mol. The molecule has 6 heteroatoms. The molecule has 14 heavy (non-hydrogen) atoms. The Hall–Kier alpha value is -1.75. The van der Waals surface area contributed by atoms with E-state index in [0.717, 1.165) is 0 Å². The minimum absolute atomic E-state index is 0.0385. The molecule has 0 spiro atoms. The summed E-state index contributed by atoms with van der Waals surface area (Å²) in [5.41, 5.74) is 0.896. The van der Waals surface area contributed by atoms with Gasteiger partial charge in [-0.1, -0.05) is 0 Å². The van der Waals surface area contributed by atoms with Crippen molar-refractivity contribution in [2.45, 2.75) is 0 Å². The third-order valence-electron chi connectivity index (χ3n) is 1.63. The average molecular weight is 210 g/mol. The smallest absolute Gasteiger partial charge is 0.354 e. The maximum Gasteiger partial charge on any atom is 0.354 e. The van der Waals surface area contributed by atoms with Crippen LogP contribution in [-0.4, -0.2) is 26.0 Å². The summed E-state index contributed by atoms with van der Waals surface area (Å²) in [6.07, 6.45) is 1.39. The van der Waals surface area contributed by atoms with Crippen molar-refractivity contribution < 1.29 is 9.90 Å². The van der Waals surface area contributed by atoms with Crippen LogP contribution in [0.3, 0.4) is 0 Å². The van der Waals surface area contributed by atoms with Crippen LogP contribution in [0.5, 0.6) is 0 Å². The minimum atomic E-state index is -1.08. The van der Waals surface area contributed by atoms with E-state index in [1.54, 1.807) is 6.07 Å². The van der Waals surface area contributed by atoms with Crippen molar-refractivity contribution in [2.75, 3.05) is 0 Å². The van der Waals surface area contributed by atoms with E-state index in [-0.39, 0.29) is 11.0 Å². The molecule has 0 radical (unpaired) electrons. The SMILES string of the molecule is O=C(O)c1ccc2nc(Cl)ncc2n1. The van der Waals surface area contributed by atoms with Gasteiger partial charge in [-0.3, -0.25) is 0 Å². The molecule has 0 unspecified atom stereocenters. The third-order valence-corrected chi connectivity index (χ3v) is 1.81. The van der Waals surface area contributed by atoms with Crippen molar-refractivity contribution in [1.29, 1.82) is 0 Å². The Morgan fingerprint density at radius 2 is 2.07 bits per heavy atom. The zero-order chi connectivity index (χ0) is 10.1. The van der Waals surface area contributed by atoms with E-state index in [2.05, 4.69) is 15.0 Å². The van der Waals surface area contributed by atoms with Crippen molar-refractivity contribution in [3.8, 4) is 0 Å². The topological polar surface area (TPSA) is 76.0 Å². The van der Waals surface area contributed by atoms with Crippen LogP contribution in [0.1, 0.15) is 10.5 Å². The summed E-state index contributed by atoms with van der Waals surface area (Å²) in [4.78, 5) is 22.0. The van der Waals surface area contributed by atoms with Crippen molar-refractivity contribution in [1.82, 2.24) is 15.0 Å². The van der Waals surface area contributed by atoms with E-state index in [1.165, 1.54) is 12.3 Å². The van der Waals surface area contributed by atoms with Gasteiger partial charge in [0.05, 0.1) is 11.7 Å². The number of hydrogen-bond acceptors (Lipinski definition) is 4. The Kier molecular flexibility index (Phi) is 2.01. The maximum absolute atomic E-state index is 10.6. The second kappa shape index (κ2) is 3.19. The first-order valence-corrected chi connectivity index (χ1v) is 4.07. The van der Waals surface area contributed by atoms with Crippen molar-refractivity contribution in [3.05, 3.63) is 29.3 Å². The number of carboxylic acid groups (broad SMARTS) is 1. The Morgan fingerprint density at radius 3 is 2.79 bits per heavy atom. The number of aromatic nitrogens is 3. The molecule has 2 aromatic rings. The van der Waals surface area contributed by atoms with Gasteiger partial charge in [0.1, 0.15) is 11.2 Å². The van der Waals surface area contributed by atoms with E-state index < -0.39 is 5.97 Å². The molecule has 0 aliphatic rings. The number of nitrogens with zero attached hydrogens (tertiary/aromatic N) is 3. The molecule has 0 saturated heterocycles. The highest BCUT2D eigenvalue weighted by molar-refractivity contribution is 6.28. The maximum atomic E-state index is 10.6. The number of rotatable bonds is 1. The van der Waals surface area contributed by atoms with Crippen molar-refractivity contribution in [3.63, 3.8) is 0 Å². The lowest BCUT2D eigenvalue weighted by Crippen LogP contribution is -2.00. The molecule has 0 atom stereocenters. The number of pyridine rings is 1. The molecule has 0 fully saturated rings. The van der Waals surface area contributed by atoms with Crippen LogP contribution in [0.2, 0.25) is 5.28 Å². The monoisotopic (exact) mass is 209 g/mol. The summed E-state index contributed by atoms with van der Waals surface area (Å²) in [5.74, 6) is -1.08. The first kappa shape index (κ1) is 8.83. The largest absolute Gasteiger partial charge is 0.477 e. The lowest BCUT2D eigenvalue weighted by molar-refractivity contribution is 0.0691. The quantitative estimate of drug-likeness (QED) is 0.718. The molecule has 0 saturated carbocycles. The minimum Gasteiger partial charge on any atom is -0.477 e. The summed E-state index contributed by atoms with van der Waals surface area (Å²) < 4.78 is 0. The van der Waals surface area contributed by atoms with E-state index in [1.807, 2.05) is 0 Å². The van der Waals surface area contributed by atoms with E-state index in [9.17, 15) is 4.79 Å². The molecule has 0 aliphatic carbocycles.